The SMILES string of the molecule is CC(C)C1CCCN1C(=O)C1CCCN(C(=O)Nc2ccccc2)C1. The summed E-state index contributed by atoms with van der Waals surface area (Å²) in [6, 6.07) is 9.73. The van der Waals surface area contributed by atoms with Gasteiger partial charge in [0, 0.05) is 31.4 Å². The van der Waals surface area contributed by atoms with E-state index >= 15 is 0 Å². The quantitative estimate of drug-likeness (QED) is 0.912. The Bertz CT molecular complexity index is 602. The van der Waals surface area contributed by atoms with Gasteiger partial charge in [-0.3, -0.25) is 4.79 Å². The zero-order valence-electron chi connectivity index (χ0n) is 15.3. The van der Waals surface area contributed by atoms with Crippen LogP contribution in [-0.4, -0.2) is 47.4 Å². The van der Waals surface area contributed by atoms with Crippen LogP contribution in [0.5, 0.6) is 0 Å². The lowest BCUT2D eigenvalue weighted by Crippen LogP contribution is -2.49. The normalized spacial score (nSPS) is 23.8. The van der Waals surface area contributed by atoms with Gasteiger partial charge < -0.3 is 15.1 Å². The van der Waals surface area contributed by atoms with Crippen molar-refractivity contribution in [3.63, 3.8) is 0 Å². The molecule has 0 aliphatic carbocycles. The van der Waals surface area contributed by atoms with Crippen LogP contribution in [0, 0.1) is 11.8 Å². The maximum absolute atomic E-state index is 13.0. The van der Waals surface area contributed by atoms with Gasteiger partial charge in [-0.05, 0) is 43.7 Å². The van der Waals surface area contributed by atoms with E-state index in [0.29, 0.717) is 18.5 Å². The fourth-order valence-corrected chi connectivity index (χ4v) is 4.08. The first-order chi connectivity index (χ1) is 12.1. The van der Waals surface area contributed by atoms with Crippen molar-refractivity contribution in [3.8, 4) is 0 Å². The van der Waals surface area contributed by atoms with Crippen molar-refractivity contribution in [3.05, 3.63) is 30.3 Å². The second-order valence-corrected chi connectivity index (χ2v) is 7.57. The predicted octanol–water partition coefficient (Wildman–Crippen LogP) is 3.58. The number of piperidine rings is 1. The summed E-state index contributed by atoms with van der Waals surface area (Å²) in [5.41, 5.74) is 0.792. The molecule has 25 heavy (non-hydrogen) atoms. The first-order valence-electron chi connectivity index (χ1n) is 9.47. The third kappa shape index (κ3) is 4.14. The minimum atomic E-state index is -0.106. The zero-order chi connectivity index (χ0) is 17.8. The Morgan fingerprint density at radius 3 is 2.52 bits per heavy atom. The van der Waals surface area contributed by atoms with Crippen molar-refractivity contribution >= 4 is 17.6 Å². The highest BCUT2D eigenvalue weighted by Crippen LogP contribution is 2.28. The molecular weight excluding hydrogens is 314 g/mol. The second-order valence-electron chi connectivity index (χ2n) is 7.57. The molecule has 2 unspecified atom stereocenters. The maximum atomic E-state index is 13.0. The number of likely N-dealkylation sites (tertiary alicyclic amines) is 2. The van der Waals surface area contributed by atoms with E-state index in [9.17, 15) is 9.59 Å². The Balaban J connectivity index is 1.60. The van der Waals surface area contributed by atoms with Gasteiger partial charge in [-0.1, -0.05) is 32.0 Å². The fraction of sp³-hybridized carbons (Fsp3) is 0.600. The largest absolute Gasteiger partial charge is 0.339 e. The van der Waals surface area contributed by atoms with Crippen molar-refractivity contribution in [2.75, 3.05) is 25.0 Å². The molecule has 2 saturated heterocycles. The summed E-state index contributed by atoms with van der Waals surface area (Å²) in [5.74, 6) is 0.676. The number of benzene rings is 1. The number of hydrogen-bond acceptors (Lipinski definition) is 2. The van der Waals surface area contributed by atoms with E-state index in [2.05, 4.69) is 24.1 Å². The summed E-state index contributed by atoms with van der Waals surface area (Å²) in [5, 5.41) is 2.93. The third-order valence-electron chi connectivity index (χ3n) is 5.43. The Labute approximate surface area is 150 Å². The van der Waals surface area contributed by atoms with Crippen LogP contribution in [0.4, 0.5) is 10.5 Å². The molecule has 1 N–H and O–H groups in total. The molecule has 2 atom stereocenters. The van der Waals surface area contributed by atoms with Crippen LogP contribution < -0.4 is 5.32 Å². The predicted molar refractivity (Wildman–Crippen MR) is 99.3 cm³/mol. The first kappa shape index (κ1) is 17.8. The number of nitrogens with zero attached hydrogens (tertiary/aromatic N) is 2. The summed E-state index contributed by atoms with van der Waals surface area (Å²) in [7, 11) is 0. The lowest BCUT2D eigenvalue weighted by molar-refractivity contribution is -0.138. The van der Waals surface area contributed by atoms with Crippen LogP contribution in [0.1, 0.15) is 39.5 Å². The molecule has 5 heteroatoms. The number of amides is 3. The number of nitrogens with one attached hydrogen (secondary N) is 1. The van der Waals surface area contributed by atoms with Crippen LogP contribution in [0.25, 0.3) is 0 Å². The van der Waals surface area contributed by atoms with Gasteiger partial charge in [0.05, 0.1) is 5.92 Å². The van der Waals surface area contributed by atoms with E-state index in [1.54, 1.807) is 4.90 Å². The number of carbonyl (C=O) groups is 2. The Hall–Kier alpha value is -2.04. The van der Waals surface area contributed by atoms with Crippen LogP contribution in [0.15, 0.2) is 30.3 Å². The van der Waals surface area contributed by atoms with Crippen molar-refractivity contribution in [1.29, 1.82) is 0 Å². The molecule has 3 amide bonds. The number of anilines is 1. The number of rotatable bonds is 3. The van der Waals surface area contributed by atoms with E-state index in [0.717, 1.165) is 44.5 Å². The summed E-state index contributed by atoms with van der Waals surface area (Å²) in [4.78, 5) is 29.4. The number of hydrogen-bond donors (Lipinski definition) is 1. The highest BCUT2D eigenvalue weighted by atomic mass is 16.2. The van der Waals surface area contributed by atoms with Gasteiger partial charge in [0.2, 0.25) is 5.91 Å². The van der Waals surface area contributed by atoms with Gasteiger partial charge in [-0.15, -0.1) is 0 Å². The van der Waals surface area contributed by atoms with Crippen molar-refractivity contribution in [2.45, 2.75) is 45.6 Å². The summed E-state index contributed by atoms with van der Waals surface area (Å²) in [6.45, 7) is 6.50. The van der Waals surface area contributed by atoms with Crippen LogP contribution in [0.3, 0.4) is 0 Å². The molecule has 2 aliphatic rings. The molecule has 1 aromatic carbocycles. The molecule has 2 heterocycles. The zero-order valence-corrected chi connectivity index (χ0v) is 15.3. The van der Waals surface area contributed by atoms with Crippen LogP contribution >= 0.6 is 0 Å². The van der Waals surface area contributed by atoms with Gasteiger partial charge in [0.25, 0.3) is 0 Å². The van der Waals surface area contributed by atoms with Crippen molar-refractivity contribution in [1.82, 2.24) is 9.80 Å². The molecule has 2 aliphatic heterocycles. The molecule has 2 fully saturated rings. The molecule has 0 spiro atoms. The second kappa shape index (κ2) is 7.89. The number of urea groups is 1. The minimum absolute atomic E-state index is 0.0605. The highest BCUT2D eigenvalue weighted by Gasteiger charge is 2.37. The lowest BCUT2D eigenvalue weighted by Gasteiger charge is -2.36. The van der Waals surface area contributed by atoms with E-state index < -0.39 is 0 Å². The average Bonchev–Trinajstić information content (AvgIpc) is 3.12. The molecule has 0 aromatic heterocycles. The van der Waals surface area contributed by atoms with Gasteiger partial charge >= 0.3 is 6.03 Å². The molecule has 5 nitrogen and oxygen atoms in total. The standard InChI is InChI=1S/C20H29N3O2/c1-15(2)18-11-7-13-23(18)19(24)16-8-6-12-22(14-16)20(25)21-17-9-4-3-5-10-17/h3-5,9-10,15-16,18H,6-8,11-14H2,1-2H3,(H,21,25). The Kier molecular flexibility index (Phi) is 5.61. The van der Waals surface area contributed by atoms with Gasteiger partial charge in [0.15, 0.2) is 0 Å². The van der Waals surface area contributed by atoms with E-state index in [4.69, 9.17) is 0 Å². The fourth-order valence-electron chi connectivity index (χ4n) is 4.08. The molecule has 3 rings (SSSR count). The molecule has 0 saturated carbocycles. The Morgan fingerprint density at radius 1 is 1.08 bits per heavy atom. The summed E-state index contributed by atoms with van der Waals surface area (Å²) < 4.78 is 0. The van der Waals surface area contributed by atoms with Gasteiger partial charge in [0.1, 0.15) is 0 Å². The number of para-hydroxylation sites is 1. The first-order valence-corrected chi connectivity index (χ1v) is 9.47. The van der Waals surface area contributed by atoms with E-state index in [1.807, 2.05) is 30.3 Å². The number of carbonyl (C=O) groups excluding carboxylic acids is 2. The molecular formula is C20H29N3O2. The molecule has 0 bridgehead atoms. The van der Waals surface area contributed by atoms with Crippen molar-refractivity contribution < 1.29 is 9.59 Å². The lowest BCUT2D eigenvalue weighted by atomic mass is 9.95. The average molecular weight is 343 g/mol. The summed E-state index contributed by atoms with van der Waals surface area (Å²) >= 11 is 0. The highest BCUT2D eigenvalue weighted by molar-refractivity contribution is 5.90. The monoisotopic (exact) mass is 343 g/mol. The minimum Gasteiger partial charge on any atom is -0.339 e. The van der Waals surface area contributed by atoms with Crippen molar-refractivity contribution in [2.24, 2.45) is 11.8 Å². The third-order valence-corrected chi connectivity index (χ3v) is 5.43. The van der Waals surface area contributed by atoms with E-state index in [-0.39, 0.29) is 17.9 Å². The topological polar surface area (TPSA) is 52.7 Å². The van der Waals surface area contributed by atoms with E-state index in [1.165, 1.54) is 0 Å². The van der Waals surface area contributed by atoms with Crippen LogP contribution in [-0.2, 0) is 4.79 Å². The molecule has 0 radical (unpaired) electrons. The van der Waals surface area contributed by atoms with Gasteiger partial charge in [-0.25, -0.2) is 4.79 Å². The van der Waals surface area contributed by atoms with Crippen LogP contribution in [0.2, 0.25) is 0 Å². The summed E-state index contributed by atoms with van der Waals surface area (Å²) in [6.07, 6.45) is 3.97. The smallest absolute Gasteiger partial charge is 0.321 e. The maximum Gasteiger partial charge on any atom is 0.321 e. The molecule has 136 valence electrons. The Morgan fingerprint density at radius 2 is 1.80 bits per heavy atom. The molecule has 1 aromatic rings. The van der Waals surface area contributed by atoms with Gasteiger partial charge in [-0.2, -0.15) is 0 Å².